The zero-order chi connectivity index (χ0) is 12.6. The lowest BCUT2D eigenvalue weighted by molar-refractivity contribution is -0.384. The number of hydrogen-bond donors (Lipinski definition) is 0. The van der Waals surface area contributed by atoms with Gasteiger partial charge in [-0.2, -0.15) is 0 Å². The van der Waals surface area contributed by atoms with Gasteiger partial charge in [-0.25, -0.2) is 0 Å². The molecular weight excluding hydrogens is 267 g/mol. The van der Waals surface area contributed by atoms with Gasteiger partial charge in [-0.15, -0.1) is 5.10 Å². The van der Waals surface area contributed by atoms with Gasteiger partial charge in [0, 0.05) is 20.1 Å². The highest BCUT2D eigenvalue weighted by Crippen LogP contribution is 2.39. The maximum atomic E-state index is 11.1. The van der Waals surface area contributed by atoms with Gasteiger partial charge >= 0.3 is 5.69 Å². The largest absolute Gasteiger partial charge is 0.349 e. The summed E-state index contributed by atoms with van der Waals surface area (Å²) >= 11 is 11.5. The summed E-state index contributed by atoms with van der Waals surface area (Å²) in [5.74, 6) is 0.372. The molecule has 1 aromatic rings. The molecule has 1 fully saturated rings. The fourth-order valence-corrected chi connectivity index (χ4v) is 2.56. The Hall–Kier alpha value is -1.01. The van der Waals surface area contributed by atoms with E-state index in [1.54, 1.807) is 7.05 Å². The van der Waals surface area contributed by atoms with Gasteiger partial charge in [0.2, 0.25) is 5.82 Å². The van der Waals surface area contributed by atoms with Gasteiger partial charge in [0.15, 0.2) is 10.5 Å². The lowest BCUT2D eigenvalue weighted by Crippen LogP contribution is -2.19. The zero-order valence-electron chi connectivity index (χ0n) is 9.27. The number of alkyl halides is 2. The lowest BCUT2D eigenvalue weighted by atomic mass is 10.3. The van der Waals surface area contributed by atoms with E-state index in [1.807, 2.05) is 4.90 Å². The molecule has 2 heterocycles. The predicted octanol–water partition coefficient (Wildman–Crippen LogP) is 2.40. The van der Waals surface area contributed by atoms with Gasteiger partial charge in [0.1, 0.15) is 0 Å². The van der Waals surface area contributed by atoms with Crippen LogP contribution in [0.4, 0.5) is 11.5 Å². The quantitative estimate of drug-likeness (QED) is 0.484. The van der Waals surface area contributed by atoms with Crippen molar-refractivity contribution in [1.29, 1.82) is 0 Å². The number of aryl methyl sites for hydroxylation is 1. The Labute approximate surface area is 108 Å². The number of nitro groups is 1. The SMILES string of the molecule is Cn1nc(N2CCCC2)c([N+](=O)[O-])c1C(Cl)Cl. The summed E-state index contributed by atoms with van der Waals surface area (Å²) in [5.41, 5.74) is 0.157. The molecule has 1 aliphatic rings. The molecule has 94 valence electrons. The number of nitrogens with zero attached hydrogens (tertiary/aromatic N) is 4. The minimum Gasteiger partial charge on any atom is -0.349 e. The van der Waals surface area contributed by atoms with Gasteiger partial charge in [0.25, 0.3) is 0 Å². The van der Waals surface area contributed by atoms with Crippen LogP contribution in [-0.2, 0) is 7.05 Å². The Balaban J connectivity index is 2.51. The average Bonchev–Trinajstić information content (AvgIpc) is 2.82. The molecule has 1 aliphatic heterocycles. The summed E-state index contributed by atoms with van der Waals surface area (Å²) in [4.78, 5) is 11.6. The molecule has 1 aromatic heterocycles. The molecule has 0 bridgehead atoms. The normalized spacial score (nSPS) is 15.9. The first-order valence-electron chi connectivity index (χ1n) is 5.26. The Morgan fingerprint density at radius 3 is 2.47 bits per heavy atom. The van der Waals surface area contributed by atoms with Gasteiger partial charge in [-0.1, -0.05) is 23.2 Å². The van der Waals surface area contributed by atoms with Crippen molar-refractivity contribution < 1.29 is 4.92 Å². The number of anilines is 1. The summed E-state index contributed by atoms with van der Waals surface area (Å²) in [6.45, 7) is 1.57. The molecule has 2 rings (SSSR count). The molecule has 0 amide bonds. The van der Waals surface area contributed by atoms with E-state index in [9.17, 15) is 10.1 Å². The molecule has 0 atom stereocenters. The second-order valence-corrected chi connectivity index (χ2v) is 5.03. The monoisotopic (exact) mass is 278 g/mol. The average molecular weight is 279 g/mol. The van der Waals surface area contributed by atoms with Crippen LogP contribution in [0.15, 0.2) is 0 Å². The molecule has 0 spiro atoms. The Kier molecular flexibility index (Phi) is 3.44. The molecule has 8 heteroatoms. The summed E-state index contributed by atoms with van der Waals surface area (Å²) in [5, 5.41) is 15.3. The van der Waals surface area contributed by atoms with Gasteiger partial charge < -0.3 is 4.90 Å². The summed E-state index contributed by atoms with van der Waals surface area (Å²) in [6, 6.07) is 0. The van der Waals surface area contributed by atoms with Crippen molar-refractivity contribution in [2.45, 2.75) is 17.7 Å². The first-order chi connectivity index (χ1) is 8.02. The third kappa shape index (κ3) is 2.19. The van der Waals surface area contributed by atoms with E-state index >= 15 is 0 Å². The Bertz CT molecular complexity index is 440. The maximum Gasteiger partial charge on any atom is 0.336 e. The minimum atomic E-state index is -0.954. The smallest absolute Gasteiger partial charge is 0.336 e. The van der Waals surface area contributed by atoms with Crippen LogP contribution in [0.1, 0.15) is 23.4 Å². The van der Waals surface area contributed by atoms with Crippen LogP contribution < -0.4 is 4.90 Å². The van der Waals surface area contributed by atoms with Crippen LogP contribution in [0.2, 0.25) is 0 Å². The van der Waals surface area contributed by atoms with Crippen molar-refractivity contribution in [3.8, 4) is 0 Å². The van der Waals surface area contributed by atoms with E-state index in [2.05, 4.69) is 5.10 Å². The molecule has 0 unspecified atom stereocenters. The van der Waals surface area contributed by atoms with Crippen molar-refractivity contribution >= 4 is 34.7 Å². The first-order valence-corrected chi connectivity index (χ1v) is 6.14. The van der Waals surface area contributed by atoms with Crippen molar-refractivity contribution in [1.82, 2.24) is 9.78 Å². The molecule has 1 saturated heterocycles. The van der Waals surface area contributed by atoms with E-state index in [-0.39, 0.29) is 11.4 Å². The van der Waals surface area contributed by atoms with Gasteiger partial charge in [-0.3, -0.25) is 14.8 Å². The van der Waals surface area contributed by atoms with Crippen LogP contribution in [0.25, 0.3) is 0 Å². The molecule has 0 radical (unpaired) electrons. The molecule has 0 aromatic carbocycles. The highest BCUT2D eigenvalue weighted by Gasteiger charge is 2.34. The van der Waals surface area contributed by atoms with Crippen molar-refractivity contribution in [3.63, 3.8) is 0 Å². The Morgan fingerprint density at radius 1 is 1.41 bits per heavy atom. The van der Waals surface area contributed by atoms with Crippen molar-refractivity contribution in [2.24, 2.45) is 7.05 Å². The van der Waals surface area contributed by atoms with E-state index in [1.165, 1.54) is 4.68 Å². The number of halogens is 2. The van der Waals surface area contributed by atoms with E-state index in [4.69, 9.17) is 23.2 Å². The maximum absolute atomic E-state index is 11.1. The second-order valence-electron chi connectivity index (χ2n) is 3.93. The first kappa shape index (κ1) is 12.4. The zero-order valence-corrected chi connectivity index (χ0v) is 10.8. The number of rotatable bonds is 3. The Morgan fingerprint density at radius 2 is 2.00 bits per heavy atom. The van der Waals surface area contributed by atoms with E-state index in [0.717, 1.165) is 25.9 Å². The van der Waals surface area contributed by atoms with E-state index < -0.39 is 9.76 Å². The summed E-state index contributed by atoms with van der Waals surface area (Å²) < 4.78 is 1.39. The van der Waals surface area contributed by atoms with Gasteiger partial charge in [-0.05, 0) is 12.8 Å². The lowest BCUT2D eigenvalue weighted by Gasteiger charge is -2.12. The second kappa shape index (κ2) is 4.70. The minimum absolute atomic E-state index is 0.0793. The number of aromatic nitrogens is 2. The number of hydrogen-bond acceptors (Lipinski definition) is 4. The molecule has 6 nitrogen and oxygen atoms in total. The van der Waals surface area contributed by atoms with Crippen LogP contribution in [-0.4, -0.2) is 27.8 Å². The summed E-state index contributed by atoms with van der Waals surface area (Å²) in [7, 11) is 1.61. The van der Waals surface area contributed by atoms with Crippen molar-refractivity contribution in [3.05, 3.63) is 15.8 Å². The summed E-state index contributed by atoms with van der Waals surface area (Å²) in [6.07, 6.45) is 2.04. The van der Waals surface area contributed by atoms with E-state index in [0.29, 0.717) is 5.82 Å². The topological polar surface area (TPSA) is 64.2 Å². The third-order valence-electron chi connectivity index (χ3n) is 2.84. The third-order valence-corrected chi connectivity index (χ3v) is 3.26. The molecular formula is C9H12Cl2N4O2. The van der Waals surface area contributed by atoms with Crippen molar-refractivity contribution in [2.75, 3.05) is 18.0 Å². The highest BCUT2D eigenvalue weighted by atomic mass is 35.5. The fraction of sp³-hybridized carbons (Fsp3) is 0.667. The molecule has 0 N–H and O–H groups in total. The predicted molar refractivity (Wildman–Crippen MR) is 65.8 cm³/mol. The standard InChI is InChI=1S/C9H12Cl2N4O2/c1-13-6(8(10)11)7(15(16)17)9(12-13)14-4-2-3-5-14/h8H,2-5H2,1H3. The highest BCUT2D eigenvalue weighted by molar-refractivity contribution is 6.44. The molecule has 17 heavy (non-hydrogen) atoms. The van der Waals surface area contributed by atoms with Gasteiger partial charge in [0.05, 0.1) is 4.92 Å². The fourth-order valence-electron chi connectivity index (χ4n) is 2.07. The van der Waals surface area contributed by atoms with Crippen LogP contribution >= 0.6 is 23.2 Å². The van der Waals surface area contributed by atoms with Crippen LogP contribution in [0.5, 0.6) is 0 Å². The van der Waals surface area contributed by atoms with Crippen LogP contribution in [0, 0.1) is 10.1 Å². The molecule has 0 saturated carbocycles. The van der Waals surface area contributed by atoms with Crippen LogP contribution in [0.3, 0.4) is 0 Å². The molecule has 0 aliphatic carbocycles.